The average Bonchev–Trinajstić information content (AvgIpc) is 2.16. The highest BCUT2D eigenvalue weighted by Gasteiger charge is 2.29. The monoisotopic (exact) mass is 246 g/mol. The zero-order valence-electron chi connectivity index (χ0n) is 10.4. The van der Waals surface area contributed by atoms with Gasteiger partial charge >= 0.3 is 18.0 Å². The lowest BCUT2D eigenvalue weighted by molar-refractivity contribution is -0.144. The lowest BCUT2D eigenvalue weighted by Gasteiger charge is -2.22. The first-order valence-electron chi connectivity index (χ1n) is 5.19. The minimum atomic E-state index is -1.40. The molecule has 0 aromatic heterocycles. The molecule has 2 amide bonds. The minimum absolute atomic E-state index is 0.215. The number of carbonyl (C=O) groups is 3. The van der Waals surface area contributed by atoms with E-state index in [0.717, 1.165) is 0 Å². The van der Waals surface area contributed by atoms with Crippen LogP contribution in [0.2, 0.25) is 0 Å². The van der Waals surface area contributed by atoms with Gasteiger partial charge in [0.25, 0.3) is 0 Å². The summed E-state index contributed by atoms with van der Waals surface area (Å²) in [6, 6.07) is -1.57. The van der Waals surface area contributed by atoms with Crippen LogP contribution >= 0.6 is 0 Å². The Balaban J connectivity index is 4.28. The van der Waals surface area contributed by atoms with E-state index >= 15 is 0 Å². The van der Waals surface area contributed by atoms with E-state index in [-0.39, 0.29) is 6.61 Å². The van der Waals surface area contributed by atoms with Crippen LogP contribution in [0.3, 0.4) is 0 Å². The first-order valence-corrected chi connectivity index (χ1v) is 5.19. The number of esters is 1. The molecule has 0 heterocycles. The smallest absolute Gasteiger partial charge is 0.328 e. The molecule has 0 aromatic carbocycles. The Hall–Kier alpha value is -1.79. The van der Waals surface area contributed by atoms with Crippen LogP contribution in [0, 0.1) is 0 Å². The van der Waals surface area contributed by atoms with E-state index in [0.29, 0.717) is 0 Å². The van der Waals surface area contributed by atoms with Gasteiger partial charge in [0.05, 0.1) is 6.61 Å². The van der Waals surface area contributed by atoms with Crippen LogP contribution in [0.25, 0.3) is 0 Å². The Kier molecular flexibility index (Phi) is 5.43. The molecule has 3 N–H and O–H groups in total. The fraction of sp³-hybridized carbons (Fsp3) is 0.700. The van der Waals surface area contributed by atoms with E-state index in [1.807, 2.05) is 0 Å². The molecule has 1 atom stereocenters. The summed E-state index contributed by atoms with van der Waals surface area (Å²) >= 11 is 0. The number of nitrogens with one attached hydrogen (secondary N) is 2. The van der Waals surface area contributed by atoms with Gasteiger partial charge in [0, 0.05) is 0 Å². The van der Waals surface area contributed by atoms with Gasteiger partial charge in [-0.3, -0.25) is 0 Å². The summed E-state index contributed by atoms with van der Waals surface area (Å²) in [7, 11) is 0. The fourth-order valence-electron chi connectivity index (χ4n) is 0.896. The van der Waals surface area contributed by atoms with Crippen molar-refractivity contribution in [3.8, 4) is 0 Å². The van der Waals surface area contributed by atoms with E-state index in [2.05, 4.69) is 15.4 Å². The Bertz CT molecular complexity index is 314. The van der Waals surface area contributed by atoms with Crippen molar-refractivity contribution in [3.05, 3.63) is 0 Å². The molecule has 0 bridgehead atoms. The second-order valence-corrected chi connectivity index (χ2v) is 4.00. The van der Waals surface area contributed by atoms with Crippen molar-refractivity contribution in [3.63, 3.8) is 0 Å². The van der Waals surface area contributed by atoms with E-state index in [1.54, 1.807) is 6.92 Å². The van der Waals surface area contributed by atoms with Crippen LogP contribution in [0.1, 0.15) is 27.7 Å². The molecule has 0 fully saturated rings. The van der Waals surface area contributed by atoms with Crippen LogP contribution in [-0.4, -0.2) is 41.3 Å². The Morgan fingerprint density at radius 1 is 1.35 bits per heavy atom. The standard InChI is InChI=1S/C10H18N2O5/c1-5-17-7(13)6(2)11-9(16)12-10(3,4)8(14)15/h6H,5H2,1-4H3,(H,14,15)(H2,11,12,16). The van der Waals surface area contributed by atoms with Gasteiger partial charge in [0.15, 0.2) is 0 Å². The number of carboxylic acid groups (broad SMARTS) is 1. The summed E-state index contributed by atoms with van der Waals surface area (Å²) in [6.07, 6.45) is 0. The average molecular weight is 246 g/mol. The van der Waals surface area contributed by atoms with E-state index < -0.39 is 29.6 Å². The molecule has 98 valence electrons. The van der Waals surface area contributed by atoms with E-state index in [9.17, 15) is 14.4 Å². The van der Waals surface area contributed by atoms with E-state index in [1.165, 1.54) is 20.8 Å². The van der Waals surface area contributed by atoms with Crippen molar-refractivity contribution in [1.82, 2.24) is 10.6 Å². The summed E-state index contributed by atoms with van der Waals surface area (Å²) in [5.74, 6) is -1.74. The minimum Gasteiger partial charge on any atom is -0.480 e. The predicted molar refractivity (Wildman–Crippen MR) is 59.5 cm³/mol. The number of hydrogen-bond donors (Lipinski definition) is 3. The normalized spacial score (nSPS) is 12.5. The number of rotatable bonds is 5. The topological polar surface area (TPSA) is 105 Å². The lowest BCUT2D eigenvalue weighted by atomic mass is 10.1. The summed E-state index contributed by atoms with van der Waals surface area (Å²) in [5.41, 5.74) is -1.40. The maximum Gasteiger partial charge on any atom is 0.328 e. The molecule has 0 aliphatic heterocycles. The first kappa shape index (κ1) is 15.2. The Labute approximate surface area is 99.5 Å². The van der Waals surface area contributed by atoms with Crippen molar-refractivity contribution < 1.29 is 24.2 Å². The number of urea groups is 1. The Morgan fingerprint density at radius 3 is 2.29 bits per heavy atom. The molecule has 0 saturated heterocycles. The van der Waals surface area contributed by atoms with E-state index in [4.69, 9.17) is 5.11 Å². The molecule has 7 heteroatoms. The quantitative estimate of drug-likeness (QED) is 0.597. The molecule has 0 radical (unpaired) electrons. The molecule has 0 rings (SSSR count). The molecule has 0 spiro atoms. The van der Waals surface area contributed by atoms with Gasteiger partial charge in [-0.25, -0.2) is 14.4 Å². The maximum absolute atomic E-state index is 11.4. The molecular weight excluding hydrogens is 228 g/mol. The van der Waals surface area contributed by atoms with Crippen molar-refractivity contribution in [1.29, 1.82) is 0 Å². The molecular formula is C10H18N2O5. The molecule has 7 nitrogen and oxygen atoms in total. The summed E-state index contributed by atoms with van der Waals surface area (Å²) < 4.78 is 4.68. The Morgan fingerprint density at radius 2 is 1.88 bits per heavy atom. The highest BCUT2D eigenvalue weighted by molar-refractivity contribution is 5.88. The first-order chi connectivity index (χ1) is 7.70. The number of aliphatic carboxylic acids is 1. The predicted octanol–water partition coefficient (Wildman–Crippen LogP) is 0.100. The third kappa shape index (κ3) is 5.19. The fourth-order valence-corrected chi connectivity index (χ4v) is 0.896. The molecule has 0 aliphatic rings. The highest BCUT2D eigenvalue weighted by atomic mass is 16.5. The summed E-state index contributed by atoms with van der Waals surface area (Å²) in [4.78, 5) is 33.3. The van der Waals surface area contributed by atoms with Crippen molar-refractivity contribution >= 4 is 18.0 Å². The van der Waals surface area contributed by atoms with Crippen LogP contribution in [0.5, 0.6) is 0 Å². The third-order valence-corrected chi connectivity index (χ3v) is 1.95. The van der Waals surface area contributed by atoms with Gasteiger partial charge in [-0.1, -0.05) is 0 Å². The number of hydrogen-bond acceptors (Lipinski definition) is 4. The molecule has 1 unspecified atom stereocenters. The zero-order chi connectivity index (χ0) is 13.6. The maximum atomic E-state index is 11.4. The van der Waals surface area contributed by atoms with Gasteiger partial charge < -0.3 is 20.5 Å². The van der Waals surface area contributed by atoms with Gasteiger partial charge in [-0.2, -0.15) is 0 Å². The van der Waals surface area contributed by atoms with Crippen LogP contribution < -0.4 is 10.6 Å². The van der Waals surface area contributed by atoms with Crippen molar-refractivity contribution in [2.24, 2.45) is 0 Å². The van der Waals surface area contributed by atoms with Crippen LogP contribution in [0.4, 0.5) is 4.79 Å². The van der Waals surface area contributed by atoms with Gasteiger partial charge in [-0.05, 0) is 27.7 Å². The van der Waals surface area contributed by atoms with Crippen LogP contribution in [0.15, 0.2) is 0 Å². The van der Waals surface area contributed by atoms with Gasteiger partial charge in [-0.15, -0.1) is 0 Å². The summed E-state index contributed by atoms with van der Waals surface area (Å²) in [6.45, 7) is 5.99. The number of carbonyl (C=O) groups excluding carboxylic acids is 2. The number of ether oxygens (including phenoxy) is 1. The van der Waals surface area contributed by atoms with Crippen molar-refractivity contribution in [2.45, 2.75) is 39.3 Å². The number of carboxylic acids is 1. The largest absolute Gasteiger partial charge is 0.480 e. The second-order valence-electron chi connectivity index (χ2n) is 4.00. The molecule has 0 aliphatic carbocycles. The SMILES string of the molecule is CCOC(=O)C(C)NC(=O)NC(C)(C)C(=O)O. The second kappa shape index (κ2) is 6.07. The highest BCUT2D eigenvalue weighted by Crippen LogP contribution is 2.01. The van der Waals surface area contributed by atoms with Crippen molar-refractivity contribution in [2.75, 3.05) is 6.61 Å². The zero-order valence-corrected chi connectivity index (χ0v) is 10.4. The van der Waals surface area contributed by atoms with Gasteiger partial charge in [0.2, 0.25) is 0 Å². The van der Waals surface area contributed by atoms with Crippen LogP contribution in [-0.2, 0) is 14.3 Å². The molecule has 0 saturated carbocycles. The number of amides is 2. The van der Waals surface area contributed by atoms with Gasteiger partial charge in [0.1, 0.15) is 11.6 Å². The molecule has 17 heavy (non-hydrogen) atoms. The third-order valence-electron chi connectivity index (χ3n) is 1.95. The molecule has 0 aromatic rings. The lowest BCUT2D eigenvalue weighted by Crippen LogP contribution is -2.55. The summed E-state index contributed by atoms with van der Waals surface area (Å²) in [5, 5.41) is 13.3.